The standard InChI is InChI=1S/C35H36O6/c1-3-23-36-33(25-38-33)40-31-19-15-29(16-20-31)35(27-11-7-5-8-12-27,28-13-9-6-10-14-28)30-17-21-32(22-18-30)41-34(26-39-34)37-24-4-2/h5-22H,3-4,23-26H2,1-2H3. The summed E-state index contributed by atoms with van der Waals surface area (Å²) in [5.74, 6) is -0.537. The van der Waals surface area contributed by atoms with Crippen molar-refractivity contribution < 1.29 is 28.4 Å². The van der Waals surface area contributed by atoms with Gasteiger partial charge in [-0.15, -0.1) is 0 Å². The van der Waals surface area contributed by atoms with Crippen molar-refractivity contribution in [3.8, 4) is 11.5 Å². The summed E-state index contributed by atoms with van der Waals surface area (Å²) in [6.45, 7) is 6.15. The summed E-state index contributed by atoms with van der Waals surface area (Å²) in [7, 11) is 0. The first-order valence-corrected chi connectivity index (χ1v) is 14.4. The van der Waals surface area contributed by atoms with Gasteiger partial charge in [0.1, 0.15) is 24.7 Å². The smallest absolute Gasteiger partial charge is 0.352 e. The van der Waals surface area contributed by atoms with Crippen LogP contribution < -0.4 is 9.47 Å². The van der Waals surface area contributed by atoms with Gasteiger partial charge in [-0.25, -0.2) is 0 Å². The Hall–Kier alpha value is -3.68. The molecule has 2 heterocycles. The minimum absolute atomic E-state index is 0.428. The summed E-state index contributed by atoms with van der Waals surface area (Å²) in [6, 6.07) is 37.6. The zero-order valence-electron chi connectivity index (χ0n) is 23.6. The van der Waals surface area contributed by atoms with E-state index in [4.69, 9.17) is 28.4 Å². The number of ether oxygens (including phenoxy) is 6. The van der Waals surface area contributed by atoms with Crippen LogP contribution in [-0.4, -0.2) is 38.4 Å². The Balaban J connectivity index is 1.40. The van der Waals surface area contributed by atoms with Crippen LogP contribution in [0.2, 0.25) is 0 Å². The fourth-order valence-corrected chi connectivity index (χ4v) is 5.26. The first kappa shape index (κ1) is 27.5. The maximum atomic E-state index is 6.11. The molecular formula is C35H36O6. The Morgan fingerprint density at radius 3 is 1.20 bits per heavy atom. The summed E-state index contributed by atoms with van der Waals surface area (Å²) >= 11 is 0. The van der Waals surface area contributed by atoms with Crippen molar-refractivity contribution in [1.82, 2.24) is 0 Å². The molecule has 0 bridgehead atoms. The average molecular weight is 553 g/mol. The van der Waals surface area contributed by atoms with Gasteiger partial charge < -0.3 is 28.4 Å². The molecule has 0 spiro atoms. The maximum Gasteiger partial charge on any atom is 0.352 e. The van der Waals surface area contributed by atoms with Gasteiger partial charge in [0.25, 0.3) is 0 Å². The topological polar surface area (TPSA) is 62.0 Å². The van der Waals surface area contributed by atoms with Gasteiger partial charge in [0, 0.05) is 0 Å². The zero-order valence-corrected chi connectivity index (χ0v) is 23.6. The highest BCUT2D eigenvalue weighted by Gasteiger charge is 2.51. The molecule has 0 radical (unpaired) electrons. The molecule has 6 heteroatoms. The largest absolute Gasteiger partial charge is 0.437 e. The fraction of sp³-hybridized carbons (Fsp3) is 0.314. The number of epoxide rings is 2. The van der Waals surface area contributed by atoms with Gasteiger partial charge in [-0.2, -0.15) is 0 Å². The van der Waals surface area contributed by atoms with Gasteiger partial charge in [-0.05, 0) is 59.4 Å². The molecule has 2 aliphatic rings. The lowest BCUT2D eigenvalue weighted by molar-refractivity contribution is -0.173. The van der Waals surface area contributed by atoms with Crippen molar-refractivity contribution in [3.63, 3.8) is 0 Å². The van der Waals surface area contributed by atoms with Crippen LogP contribution in [0.5, 0.6) is 11.5 Å². The van der Waals surface area contributed by atoms with Crippen molar-refractivity contribution >= 4 is 0 Å². The molecule has 2 saturated heterocycles. The van der Waals surface area contributed by atoms with Gasteiger partial charge in [0.05, 0.1) is 18.6 Å². The number of rotatable bonds is 14. The Morgan fingerprint density at radius 2 is 0.878 bits per heavy atom. The second-order valence-corrected chi connectivity index (χ2v) is 10.4. The average Bonchev–Trinajstić information content (AvgIpc) is 3.96. The molecule has 0 aromatic heterocycles. The molecule has 212 valence electrons. The highest BCUT2D eigenvalue weighted by atomic mass is 16.9. The monoisotopic (exact) mass is 552 g/mol. The first-order valence-electron chi connectivity index (χ1n) is 14.4. The number of hydrogen-bond donors (Lipinski definition) is 0. The Kier molecular flexibility index (Phi) is 7.82. The van der Waals surface area contributed by atoms with Crippen LogP contribution in [0.1, 0.15) is 48.9 Å². The van der Waals surface area contributed by atoms with Crippen molar-refractivity contribution in [2.45, 2.75) is 44.1 Å². The van der Waals surface area contributed by atoms with E-state index in [2.05, 4.69) is 86.6 Å². The third kappa shape index (κ3) is 5.74. The molecule has 0 aliphatic carbocycles. The normalized spacial score (nSPS) is 21.3. The number of benzene rings is 4. The van der Waals surface area contributed by atoms with E-state index in [1.807, 2.05) is 36.4 Å². The predicted octanol–water partition coefficient (Wildman–Crippen LogP) is 7.05. The van der Waals surface area contributed by atoms with E-state index in [9.17, 15) is 0 Å². The SMILES string of the molecule is CCCOC1(Oc2ccc(C(c3ccccc3)(c3ccccc3)c3ccc(OC4(OCCC)CO4)cc3)cc2)CO1. The molecule has 0 N–H and O–H groups in total. The van der Waals surface area contributed by atoms with E-state index in [0.717, 1.165) is 35.1 Å². The molecule has 4 aromatic carbocycles. The highest BCUT2D eigenvalue weighted by Crippen LogP contribution is 2.46. The number of hydrogen-bond acceptors (Lipinski definition) is 6. The fourth-order valence-electron chi connectivity index (χ4n) is 5.26. The second kappa shape index (κ2) is 11.7. The van der Waals surface area contributed by atoms with E-state index in [1.165, 1.54) is 0 Å². The molecule has 2 aliphatic heterocycles. The molecule has 6 nitrogen and oxygen atoms in total. The van der Waals surface area contributed by atoms with E-state index in [-0.39, 0.29) is 0 Å². The molecule has 2 fully saturated rings. The Labute approximate surface area is 241 Å². The van der Waals surface area contributed by atoms with Crippen LogP contribution in [0.15, 0.2) is 109 Å². The third-order valence-electron chi connectivity index (χ3n) is 7.35. The molecule has 0 saturated carbocycles. The van der Waals surface area contributed by atoms with Crippen LogP contribution in [-0.2, 0) is 24.4 Å². The lowest BCUT2D eigenvalue weighted by atomic mass is 9.65. The van der Waals surface area contributed by atoms with Gasteiger partial charge >= 0.3 is 11.9 Å². The zero-order chi connectivity index (χ0) is 28.2. The van der Waals surface area contributed by atoms with Crippen molar-refractivity contribution in [2.75, 3.05) is 26.4 Å². The predicted molar refractivity (Wildman–Crippen MR) is 156 cm³/mol. The summed E-state index contributed by atoms with van der Waals surface area (Å²) in [5, 5.41) is 0. The molecule has 41 heavy (non-hydrogen) atoms. The van der Waals surface area contributed by atoms with Crippen LogP contribution in [0, 0.1) is 0 Å². The summed E-state index contributed by atoms with van der Waals surface area (Å²) < 4.78 is 34.8. The van der Waals surface area contributed by atoms with Crippen molar-refractivity contribution in [2.24, 2.45) is 0 Å². The maximum absolute atomic E-state index is 6.11. The summed E-state index contributed by atoms with van der Waals surface area (Å²) in [4.78, 5) is 0. The van der Waals surface area contributed by atoms with Crippen molar-refractivity contribution in [1.29, 1.82) is 0 Å². The highest BCUT2D eigenvalue weighted by molar-refractivity contribution is 5.60. The van der Waals surface area contributed by atoms with E-state index < -0.39 is 17.4 Å². The molecule has 4 aromatic rings. The van der Waals surface area contributed by atoms with Crippen LogP contribution in [0.25, 0.3) is 0 Å². The second-order valence-electron chi connectivity index (χ2n) is 10.4. The lowest BCUT2D eigenvalue weighted by Gasteiger charge is -2.37. The van der Waals surface area contributed by atoms with Crippen LogP contribution in [0.3, 0.4) is 0 Å². The molecule has 2 unspecified atom stereocenters. The third-order valence-corrected chi connectivity index (χ3v) is 7.35. The minimum Gasteiger partial charge on any atom is -0.437 e. The molecule has 2 atom stereocenters. The van der Waals surface area contributed by atoms with E-state index in [0.29, 0.717) is 37.9 Å². The first-order chi connectivity index (χ1) is 20.1. The van der Waals surface area contributed by atoms with Gasteiger partial charge in [0.2, 0.25) is 0 Å². The molecular weight excluding hydrogens is 516 g/mol. The Bertz CT molecular complexity index is 1280. The summed E-state index contributed by atoms with van der Waals surface area (Å²) in [6.07, 6.45) is 1.79. The minimum atomic E-state index is -0.965. The Morgan fingerprint density at radius 1 is 0.537 bits per heavy atom. The van der Waals surface area contributed by atoms with Crippen molar-refractivity contribution in [3.05, 3.63) is 131 Å². The van der Waals surface area contributed by atoms with Gasteiger partial charge in [-0.1, -0.05) is 98.8 Å². The van der Waals surface area contributed by atoms with E-state index >= 15 is 0 Å². The van der Waals surface area contributed by atoms with Gasteiger partial charge in [-0.3, -0.25) is 0 Å². The molecule has 6 rings (SSSR count). The summed E-state index contributed by atoms with van der Waals surface area (Å²) in [5.41, 5.74) is 3.90. The molecule has 0 amide bonds. The van der Waals surface area contributed by atoms with Crippen LogP contribution >= 0.6 is 0 Å². The quantitative estimate of drug-likeness (QED) is 0.0949. The lowest BCUT2D eigenvalue weighted by Crippen LogP contribution is -2.31. The van der Waals surface area contributed by atoms with Crippen LogP contribution in [0.4, 0.5) is 0 Å². The van der Waals surface area contributed by atoms with E-state index in [1.54, 1.807) is 0 Å². The van der Waals surface area contributed by atoms with Gasteiger partial charge in [0.15, 0.2) is 0 Å².